The summed E-state index contributed by atoms with van der Waals surface area (Å²) in [4.78, 5) is 21.9. The second-order valence-electron chi connectivity index (χ2n) is 4.08. The topological polar surface area (TPSA) is 112 Å². The normalized spacial score (nSPS) is 8.61. The number of rotatable bonds is 4. The van der Waals surface area contributed by atoms with Crippen LogP contribution in [-0.2, 0) is 0 Å². The standard InChI is InChI=1S/C13H9NO3.C2H8N2.2ClH/c15-13(10-4-2-1-3-5-10)11-6-8-12(9-7-11)14(16)17;3-1-2-4;;/h1-9H;1-4H2;2*1H. The monoisotopic (exact) mass is 359 g/mol. The third-order valence-corrected chi connectivity index (χ3v) is 2.54. The van der Waals surface area contributed by atoms with Gasteiger partial charge in [0, 0.05) is 36.3 Å². The van der Waals surface area contributed by atoms with Crippen LogP contribution in [0.2, 0.25) is 0 Å². The van der Waals surface area contributed by atoms with Gasteiger partial charge >= 0.3 is 0 Å². The molecule has 0 aliphatic heterocycles. The first kappa shape index (κ1) is 23.3. The highest BCUT2D eigenvalue weighted by molar-refractivity contribution is 6.09. The van der Waals surface area contributed by atoms with Gasteiger partial charge in [0.25, 0.3) is 5.69 Å². The number of carbonyl (C=O) groups is 1. The van der Waals surface area contributed by atoms with Gasteiger partial charge in [-0.1, -0.05) is 30.3 Å². The van der Waals surface area contributed by atoms with Gasteiger partial charge in [-0.2, -0.15) is 0 Å². The summed E-state index contributed by atoms with van der Waals surface area (Å²) in [6.07, 6.45) is 0. The maximum Gasteiger partial charge on any atom is 0.269 e. The summed E-state index contributed by atoms with van der Waals surface area (Å²) in [5.74, 6) is -0.138. The predicted octanol–water partition coefficient (Wildman–Crippen LogP) is 2.57. The highest BCUT2D eigenvalue weighted by atomic mass is 35.5. The third-order valence-electron chi connectivity index (χ3n) is 2.54. The van der Waals surface area contributed by atoms with E-state index in [2.05, 4.69) is 0 Å². The molecule has 0 radical (unpaired) electrons. The molecule has 0 aromatic heterocycles. The first-order chi connectivity index (χ1) is 10.1. The van der Waals surface area contributed by atoms with Crippen LogP contribution in [0.25, 0.3) is 0 Å². The van der Waals surface area contributed by atoms with Crippen molar-refractivity contribution in [1.82, 2.24) is 0 Å². The summed E-state index contributed by atoms with van der Waals surface area (Å²) >= 11 is 0. The van der Waals surface area contributed by atoms with E-state index in [1.165, 1.54) is 24.3 Å². The Morgan fingerprint density at radius 2 is 1.30 bits per heavy atom. The largest absolute Gasteiger partial charge is 0.329 e. The van der Waals surface area contributed by atoms with E-state index in [0.29, 0.717) is 24.2 Å². The van der Waals surface area contributed by atoms with Crippen molar-refractivity contribution in [2.75, 3.05) is 13.1 Å². The number of hydrogen-bond acceptors (Lipinski definition) is 5. The lowest BCUT2D eigenvalue weighted by Gasteiger charge is -2.00. The lowest BCUT2D eigenvalue weighted by molar-refractivity contribution is -0.384. The molecule has 8 heteroatoms. The fourth-order valence-corrected chi connectivity index (χ4v) is 1.49. The Hall–Kier alpha value is -1.99. The van der Waals surface area contributed by atoms with E-state index >= 15 is 0 Å². The van der Waals surface area contributed by atoms with Crippen molar-refractivity contribution in [2.45, 2.75) is 0 Å². The number of nitro benzene ring substituents is 1. The smallest absolute Gasteiger partial charge is 0.269 e. The van der Waals surface area contributed by atoms with Crippen LogP contribution in [0.4, 0.5) is 5.69 Å². The van der Waals surface area contributed by atoms with Crippen molar-refractivity contribution in [3.63, 3.8) is 0 Å². The lowest BCUT2D eigenvalue weighted by Crippen LogP contribution is -2.11. The van der Waals surface area contributed by atoms with Crippen LogP contribution >= 0.6 is 24.8 Å². The highest BCUT2D eigenvalue weighted by Gasteiger charge is 2.10. The molecule has 2 rings (SSSR count). The minimum absolute atomic E-state index is 0. The first-order valence-corrected chi connectivity index (χ1v) is 6.34. The van der Waals surface area contributed by atoms with Crippen LogP contribution < -0.4 is 11.5 Å². The number of nitro groups is 1. The molecular formula is C15H19Cl2N3O3. The van der Waals surface area contributed by atoms with Crippen LogP contribution in [0.1, 0.15) is 15.9 Å². The van der Waals surface area contributed by atoms with Crippen molar-refractivity contribution < 1.29 is 9.72 Å². The van der Waals surface area contributed by atoms with E-state index in [1.807, 2.05) is 6.07 Å². The fraction of sp³-hybridized carbons (Fsp3) is 0.133. The number of nitrogens with zero attached hydrogens (tertiary/aromatic N) is 1. The maximum absolute atomic E-state index is 12.0. The Labute approximate surface area is 146 Å². The molecule has 0 saturated carbocycles. The van der Waals surface area contributed by atoms with Gasteiger partial charge in [-0.05, 0) is 12.1 Å². The molecule has 0 saturated heterocycles. The van der Waals surface area contributed by atoms with E-state index < -0.39 is 4.92 Å². The molecule has 0 aliphatic carbocycles. The summed E-state index contributed by atoms with van der Waals surface area (Å²) in [6, 6.07) is 14.4. The molecule has 0 bridgehead atoms. The van der Waals surface area contributed by atoms with E-state index in [4.69, 9.17) is 11.5 Å². The van der Waals surface area contributed by atoms with Gasteiger partial charge in [0.15, 0.2) is 5.78 Å². The Kier molecular flexibility index (Phi) is 12.7. The second-order valence-corrected chi connectivity index (χ2v) is 4.08. The zero-order valence-electron chi connectivity index (χ0n) is 12.3. The average Bonchev–Trinajstić information content (AvgIpc) is 2.55. The molecule has 0 unspecified atom stereocenters. The summed E-state index contributed by atoms with van der Waals surface area (Å²) in [7, 11) is 0. The maximum atomic E-state index is 12.0. The van der Waals surface area contributed by atoms with Crippen LogP contribution in [0.3, 0.4) is 0 Å². The molecule has 0 amide bonds. The van der Waals surface area contributed by atoms with Gasteiger partial charge in [0.2, 0.25) is 0 Å². The molecule has 0 heterocycles. The second kappa shape index (κ2) is 12.5. The van der Waals surface area contributed by atoms with Crippen molar-refractivity contribution in [2.24, 2.45) is 11.5 Å². The van der Waals surface area contributed by atoms with Crippen LogP contribution in [0.5, 0.6) is 0 Å². The molecule has 4 N–H and O–H groups in total. The minimum Gasteiger partial charge on any atom is -0.329 e. The first-order valence-electron chi connectivity index (χ1n) is 6.34. The van der Waals surface area contributed by atoms with E-state index in [0.717, 1.165) is 0 Å². The third kappa shape index (κ3) is 7.71. The lowest BCUT2D eigenvalue weighted by atomic mass is 10.0. The van der Waals surface area contributed by atoms with Gasteiger partial charge in [0.05, 0.1) is 4.92 Å². The summed E-state index contributed by atoms with van der Waals surface area (Å²) in [5, 5.41) is 10.5. The van der Waals surface area contributed by atoms with Gasteiger partial charge in [-0.15, -0.1) is 24.8 Å². The van der Waals surface area contributed by atoms with Gasteiger partial charge < -0.3 is 11.5 Å². The zero-order valence-corrected chi connectivity index (χ0v) is 13.9. The molecule has 2 aromatic rings. The molecule has 2 aromatic carbocycles. The van der Waals surface area contributed by atoms with E-state index in [9.17, 15) is 14.9 Å². The quantitative estimate of drug-likeness (QED) is 0.494. The van der Waals surface area contributed by atoms with Crippen molar-refractivity contribution in [3.8, 4) is 0 Å². The summed E-state index contributed by atoms with van der Waals surface area (Å²) in [6.45, 7) is 1.19. The summed E-state index contributed by atoms with van der Waals surface area (Å²) < 4.78 is 0. The Balaban J connectivity index is 0. The number of halogens is 2. The number of nitrogens with two attached hydrogens (primary N) is 2. The fourth-order valence-electron chi connectivity index (χ4n) is 1.49. The van der Waals surface area contributed by atoms with Crippen molar-refractivity contribution >= 4 is 36.3 Å². The van der Waals surface area contributed by atoms with E-state index in [-0.39, 0.29) is 36.3 Å². The van der Waals surface area contributed by atoms with Crippen LogP contribution in [0.15, 0.2) is 54.6 Å². The zero-order chi connectivity index (χ0) is 15.7. The number of ketones is 1. The van der Waals surface area contributed by atoms with Crippen LogP contribution in [0, 0.1) is 10.1 Å². The minimum atomic E-state index is -0.489. The molecule has 0 fully saturated rings. The molecule has 0 atom stereocenters. The number of carbonyl (C=O) groups excluding carboxylic acids is 1. The number of non-ortho nitro benzene ring substituents is 1. The Bertz CT molecular complexity index is 591. The average molecular weight is 360 g/mol. The molecule has 0 spiro atoms. The van der Waals surface area contributed by atoms with E-state index in [1.54, 1.807) is 24.3 Å². The Morgan fingerprint density at radius 3 is 1.70 bits per heavy atom. The molecule has 0 aliphatic rings. The predicted molar refractivity (Wildman–Crippen MR) is 95.6 cm³/mol. The number of benzene rings is 2. The molecule has 6 nitrogen and oxygen atoms in total. The molecule has 126 valence electrons. The van der Waals surface area contributed by atoms with Crippen molar-refractivity contribution in [1.29, 1.82) is 0 Å². The SMILES string of the molecule is Cl.Cl.NCCN.O=C(c1ccccc1)c1ccc([N+](=O)[O-])cc1. The van der Waals surface area contributed by atoms with Gasteiger partial charge in [0.1, 0.15) is 0 Å². The number of hydrogen-bond donors (Lipinski definition) is 2. The Morgan fingerprint density at radius 1 is 0.870 bits per heavy atom. The summed E-state index contributed by atoms with van der Waals surface area (Å²) in [5.41, 5.74) is 10.8. The van der Waals surface area contributed by atoms with Gasteiger partial charge in [-0.25, -0.2) is 0 Å². The van der Waals surface area contributed by atoms with Crippen molar-refractivity contribution in [3.05, 3.63) is 75.8 Å². The van der Waals surface area contributed by atoms with Gasteiger partial charge in [-0.3, -0.25) is 14.9 Å². The highest BCUT2D eigenvalue weighted by Crippen LogP contribution is 2.15. The molecule has 23 heavy (non-hydrogen) atoms. The van der Waals surface area contributed by atoms with Crippen LogP contribution in [-0.4, -0.2) is 23.8 Å². The molecular weight excluding hydrogens is 341 g/mol.